The molecule has 0 aliphatic carbocycles. The average Bonchev–Trinajstić information content (AvgIpc) is 1.08. The Morgan fingerprint density at radius 1 is 0.417 bits per heavy atom. The molecule has 108 heavy (non-hydrogen) atoms. The summed E-state index contributed by atoms with van der Waals surface area (Å²) in [4.78, 5) is 181. The fourth-order valence-corrected chi connectivity index (χ4v) is 11.5. The molecule has 35 N–H and O–H groups in total. The van der Waals surface area contributed by atoms with E-state index in [2.05, 4.69) is 99.7 Å². The van der Waals surface area contributed by atoms with Crippen LogP contribution < -0.4 is 120 Å². The quantitative estimate of drug-likeness (QED) is 0.0127. The topological polar surface area (TPSA) is 714 Å². The molecule has 41 nitrogen and oxygen atoms in total. The Morgan fingerprint density at radius 2 is 0.741 bits per heavy atom. The second-order valence-corrected chi connectivity index (χ2v) is 26.2. The molecule has 600 valence electrons. The van der Waals surface area contributed by atoms with Gasteiger partial charge in [0.15, 0.2) is 17.9 Å². The van der Waals surface area contributed by atoms with E-state index in [1.807, 2.05) is 0 Å². The summed E-state index contributed by atoms with van der Waals surface area (Å²) in [6, 6.07) is -5.96. The molecule has 1 saturated heterocycles. The first kappa shape index (κ1) is 91.4. The Balaban J connectivity index is 2.05. The SMILES string of the molecule is N=C(N)NCCC[C@H](NC(=O)[C@H](CS)NC(=O)[C@H](CCCNC(N)=O)NC(=O)[C@H](CCCNC(=N)N)NC(=O)[C@H](Cc1ccc(O)cc1)NC(=O)[C@@H]1CCCN1C(=O)[C@@H](CCCCN)NC(=O)[C@H](CCCNC(=N)N)NC(=O)[C@H](CCCNC(N)=O)NC(=O)[C@H](Cc1ccc(O)cc1)NC(=O)[C@@H](N)CS)C(N)=O. The van der Waals surface area contributed by atoms with Crippen LogP contribution in [0.4, 0.5) is 9.59 Å². The number of urea groups is 2. The minimum absolute atomic E-state index is 0.00220. The van der Waals surface area contributed by atoms with E-state index in [0.717, 1.165) is 0 Å². The van der Waals surface area contributed by atoms with Crippen molar-refractivity contribution in [1.29, 1.82) is 16.2 Å². The van der Waals surface area contributed by atoms with Crippen LogP contribution >= 0.6 is 25.3 Å². The zero-order valence-electron chi connectivity index (χ0n) is 60.0. The van der Waals surface area contributed by atoms with Crippen LogP contribution in [0.25, 0.3) is 0 Å². The van der Waals surface area contributed by atoms with E-state index in [4.69, 9.17) is 62.1 Å². The maximum atomic E-state index is 15.1. The van der Waals surface area contributed by atoms with Crippen molar-refractivity contribution in [3.8, 4) is 11.5 Å². The number of amides is 15. The lowest BCUT2D eigenvalue weighted by Crippen LogP contribution is -2.61. The number of nitrogens with one attached hydrogen (secondary N) is 17. The third kappa shape index (κ3) is 35.1. The first-order valence-electron chi connectivity index (χ1n) is 35.1. The molecule has 2 aromatic carbocycles. The number of guanidine groups is 3. The third-order valence-corrected chi connectivity index (χ3v) is 17.6. The van der Waals surface area contributed by atoms with Gasteiger partial charge in [-0.25, -0.2) is 9.59 Å². The molecular formula is C65H108N26O15S2. The minimum atomic E-state index is -1.57. The number of thiol groups is 2. The minimum Gasteiger partial charge on any atom is -0.508 e. The number of phenolic OH excluding ortho intramolecular Hbond substituents is 2. The number of primary amides is 3. The first-order valence-corrected chi connectivity index (χ1v) is 36.4. The Morgan fingerprint density at radius 3 is 1.10 bits per heavy atom. The fraction of sp³-hybridized carbons (Fsp3) is 0.569. The molecule has 15 amide bonds. The van der Waals surface area contributed by atoms with Crippen molar-refractivity contribution in [3.05, 3.63) is 59.7 Å². The van der Waals surface area contributed by atoms with Gasteiger partial charge in [-0.05, 0) is 138 Å². The summed E-state index contributed by atoms with van der Waals surface area (Å²) in [6.07, 6.45) is 0.0329. The van der Waals surface area contributed by atoms with Gasteiger partial charge in [-0.15, -0.1) is 0 Å². The van der Waals surface area contributed by atoms with Gasteiger partial charge in [0.2, 0.25) is 65.0 Å². The summed E-state index contributed by atoms with van der Waals surface area (Å²) in [5, 5.41) is 79.1. The average molecular weight is 1560 g/mol. The highest BCUT2D eigenvalue weighted by Crippen LogP contribution is 2.22. The van der Waals surface area contributed by atoms with E-state index in [1.54, 1.807) is 0 Å². The zero-order chi connectivity index (χ0) is 80.4. The van der Waals surface area contributed by atoms with Gasteiger partial charge in [0.25, 0.3) is 0 Å². The van der Waals surface area contributed by atoms with Crippen LogP contribution in [-0.4, -0.2) is 234 Å². The predicted octanol–water partition coefficient (Wildman–Crippen LogP) is -7.27. The van der Waals surface area contributed by atoms with Crippen molar-refractivity contribution >= 4 is 120 Å². The van der Waals surface area contributed by atoms with E-state index in [9.17, 15) is 67.7 Å². The molecule has 11 atom stereocenters. The van der Waals surface area contributed by atoms with Crippen LogP contribution in [0.15, 0.2) is 48.5 Å². The van der Waals surface area contributed by atoms with E-state index >= 15 is 4.79 Å². The number of hydrogen-bond acceptors (Lipinski definition) is 22. The molecule has 0 spiro atoms. The Hall–Kier alpha value is -10.8. The molecule has 0 unspecified atom stereocenters. The van der Waals surface area contributed by atoms with Crippen molar-refractivity contribution in [2.45, 2.75) is 176 Å². The number of carbonyl (C=O) groups is 13. The highest BCUT2D eigenvalue weighted by Gasteiger charge is 2.41. The summed E-state index contributed by atoms with van der Waals surface area (Å²) in [5.41, 5.74) is 45.3. The van der Waals surface area contributed by atoms with Gasteiger partial charge in [0.1, 0.15) is 71.9 Å². The van der Waals surface area contributed by atoms with Crippen LogP contribution in [0.3, 0.4) is 0 Å². The number of carbonyl (C=O) groups excluding carboxylic acids is 13. The van der Waals surface area contributed by atoms with Crippen LogP contribution in [0, 0.1) is 16.2 Å². The molecule has 3 rings (SSSR count). The normalized spacial score (nSPS) is 15.1. The van der Waals surface area contributed by atoms with Gasteiger partial charge in [-0.1, -0.05) is 24.3 Å². The molecular weight excluding hydrogens is 1450 g/mol. The molecule has 43 heteroatoms. The zero-order valence-corrected chi connectivity index (χ0v) is 61.8. The van der Waals surface area contributed by atoms with Crippen molar-refractivity contribution in [2.75, 3.05) is 57.3 Å². The van der Waals surface area contributed by atoms with Gasteiger partial charge in [-0.2, -0.15) is 25.3 Å². The Kier molecular flexibility index (Phi) is 41.6. The number of nitrogens with zero attached hydrogens (tertiary/aromatic N) is 1. The lowest BCUT2D eigenvalue weighted by molar-refractivity contribution is -0.142. The van der Waals surface area contributed by atoms with Gasteiger partial charge >= 0.3 is 12.1 Å². The summed E-state index contributed by atoms with van der Waals surface area (Å²) in [5.74, 6) is -11.6. The Bertz CT molecular complexity index is 3370. The molecule has 0 aromatic heterocycles. The number of benzene rings is 2. The molecule has 1 aliphatic rings. The molecule has 1 fully saturated rings. The van der Waals surface area contributed by atoms with Crippen LogP contribution in [0.2, 0.25) is 0 Å². The maximum Gasteiger partial charge on any atom is 0.312 e. The second-order valence-electron chi connectivity index (χ2n) is 25.5. The first-order chi connectivity index (χ1) is 51.3. The van der Waals surface area contributed by atoms with Crippen LogP contribution in [0.1, 0.15) is 107 Å². The smallest absolute Gasteiger partial charge is 0.312 e. The molecule has 1 aliphatic heterocycles. The van der Waals surface area contributed by atoms with Gasteiger partial charge < -0.3 is 135 Å². The number of nitrogens with two attached hydrogens (primary N) is 8. The molecule has 0 saturated carbocycles. The van der Waals surface area contributed by atoms with E-state index in [1.165, 1.54) is 53.4 Å². The van der Waals surface area contributed by atoms with E-state index in [-0.39, 0.29) is 178 Å². The fourth-order valence-electron chi connectivity index (χ4n) is 11.1. The van der Waals surface area contributed by atoms with Crippen LogP contribution in [0.5, 0.6) is 11.5 Å². The van der Waals surface area contributed by atoms with Gasteiger partial charge in [0.05, 0.1) is 6.04 Å². The third-order valence-electron chi connectivity index (χ3n) is 16.9. The largest absolute Gasteiger partial charge is 0.508 e. The standard InChI is InChI=1S/C65H108N26O15S2/c66-24-2-1-9-45(87-54(98)43(12-5-27-79-63(73)74)83-53(97)42(13-6-28-80-64(75)105)85-56(100)46(88-51(95)39(67)33-107)31-35-16-20-37(92)21-17-35)60(104)91-30-8-15-49(91)59(103)89-47(32-36-18-22-38(93)23-19-36)57(101)86-41(11-4-26-78-62(71)72)52(96)84-44(14-7-29-81-65(76)106)55(99)90-48(34-108)58(102)82-40(50(68)94)10-3-25-77-61(69)70/h16-23,39-49,92-93,107-108H,1-15,24-34,66-67H2,(H2,68,94)(H,82,102)(H,83,97)(H,84,96)(H,85,100)(H,86,101)(H,87,98)(H,88,95)(H,89,103)(H,90,99)(H4,69,70,77)(H4,71,72,78)(H4,73,74,79)(H3,75,80,105)(H3,76,81,106)/t39-,40-,41-,42-,43-,44-,45+,46-,47-,48-,49-/m0/s1. The second kappa shape index (κ2) is 49.1. The van der Waals surface area contributed by atoms with Gasteiger partial charge in [-0.3, -0.25) is 69.0 Å². The number of rotatable bonds is 50. The summed E-state index contributed by atoms with van der Waals surface area (Å²) in [7, 11) is 0. The number of aromatic hydroxyl groups is 2. The van der Waals surface area contributed by atoms with Crippen molar-refractivity contribution in [2.24, 2.45) is 45.9 Å². The van der Waals surface area contributed by atoms with E-state index < -0.39 is 155 Å². The maximum absolute atomic E-state index is 15.1. The predicted molar refractivity (Wildman–Crippen MR) is 405 cm³/mol. The lowest BCUT2D eigenvalue weighted by Gasteiger charge is -2.31. The highest BCUT2D eigenvalue weighted by molar-refractivity contribution is 7.80. The number of unbranched alkanes of at least 4 members (excludes halogenated alkanes) is 1. The van der Waals surface area contributed by atoms with Crippen molar-refractivity contribution < 1.29 is 72.5 Å². The van der Waals surface area contributed by atoms with Crippen molar-refractivity contribution in [1.82, 2.24) is 79.3 Å². The molecule has 1 heterocycles. The molecule has 0 radical (unpaired) electrons. The monoisotopic (exact) mass is 1560 g/mol. The summed E-state index contributed by atoms with van der Waals surface area (Å²) >= 11 is 8.33. The highest BCUT2D eigenvalue weighted by atomic mass is 32.1. The van der Waals surface area contributed by atoms with Crippen molar-refractivity contribution in [3.63, 3.8) is 0 Å². The number of likely N-dealkylation sites (tertiary alicyclic amines) is 1. The number of hydrogen-bond donors (Lipinski definition) is 29. The molecule has 0 bridgehead atoms. The summed E-state index contributed by atoms with van der Waals surface area (Å²) < 4.78 is 0. The Labute approximate surface area is 635 Å². The lowest BCUT2D eigenvalue weighted by atomic mass is 10.0. The van der Waals surface area contributed by atoms with Crippen LogP contribution in [-0.2, 0) is 65.6 Å². The molecule has 2 aromatic rings. The van der Waals surface area contributed by atoms with E-state index in [0.29, 0.717) is 17.5 Å². The summed E-state index contributed by atoms with van der Waals surface area (Å²) in [6.45, 7) is 0.161. The van der Waals surface area contributed by atoms with Gasteiger partial charge in [0, 0.05) is 63.6 Å². The number of phenols is 2.